The number of unbranched alkanes of at least 4 members (excludes halogenated alkanes) is 2. The highest BCUT2D eigenvalue weighted by molar-refractivity contribution is 6.17. The molecule has 0 heterocycles. The number of non-ortho nitro benzene ring substituents is 1. The van der Waals surface area contributed by atoms with Gasteiger partial charge in [-0.1, -0.05) is 0 Å². The summed E-state index contributed by atoms with van der Waals surface area (Å²) in [5.74, 6) is 1.54. The quantitative estimate of drug-likeness (QED) is 0.315. The zero-order chi connectivity index (χ0) is 13.4. The molecule has 6 heteroatoms. The van der Waals surface area contributed by atoms with E-state index < -0.39 is 4.92 Å². The minimum atomic E-state index is -0.459. The van der Waals surface area contributed by atoms with Gasteiger partial charge in [0, 0.05) is 11.9 Å². The molecule has 1 aromatic rings. The summed E-state index contributed by atoms with van der Waals surface area (Å²) in [7, 11) is 1.50. The molecule has 0 aromatic heterocycles. The van der Waals surface area contributed by atoms with Crippen molar-refractivity contribution < 1.29 is 14.4 Å². The topological polar surface area (TPSA) is 61.6 Å². The fourth-order valence-electron chi connectivity index (χ4n) is 1.45. The van der Waals surface area contributed by atoms with Crippen LogP contribution < -0.4 is 9.47 Å². The van der Waals surface area contributed by atoms with Crippen LogP contribution in [0.15, 0.2) is 18.2 Å². The Morgan fingerprint density at radius 3 is 2.67 bits per heavy atom. The minimum absolute atomic E-state index is 0.00782. The molecule has 0 unspecified atom stereocenters. The summed E-state index contributed by atoms with van der Waals surface area (Å²) >= 11 is 5.56. The summed E-state index contributed by atoms with van der Waals surface area (Å²) in [6.45, 7) is 0.494. The SMILES string of the molecule is COc1ccc([N+](=O)[O-])cc1OCCCCCCl. The molecule has 1 aromatic carbocycles. The minimum Gasteiger partial charge on any atom is -0.493 e. The second-order valence-corrected chi connectivity index (χ2v) is 4.07. The highest BCUT2D eigenvalue weighted by atomic mass is 35.5. The number of hydrogen-bond donors (Lipinski definition) is 0. The Labute approximate surface area is 111 Å². The number of alkyl halides is 1. The van der Waals surface area contributed by atoms with Crippen molar-refractivity contribution in [3.05, 3.63) is 28.3 Å². The molecule has 0 aliphatic carbocycles. The number of hydrogen-bond acceptors (Lipinski definition) is 4. The number of benzene rings is 1. The molecule has 0 atom stereocenters. The number of nitro benzene ring substituents is 1. The van der Waals surface area contributed by atoms with Crippen molar-refractivity contribution in [3.8, 4) is 11.5 Å². The van der Waals surface area contributed by atoms with Gasteiger partial charge in [-0.25, -0.2) is 0 Å². The first-order valence-electron chi connectivity index (χ1n) is 5.70. The van der Waals surface area contributed by atoms with E-state index in [0.29, 0.717) is 24.0 Å². The van der Waals surface area contributed by atoms with Gasteiger partial charge in [-0.15, -0.1) is 11.6 Å². The molecule has 1 rings (SSSR count). The summed E-state index contributed by atoms with van der Waals surface area (Å²) in [6.07, 6.45) is 2.77. The molecule has 0 aliphatic rings. The standard InChI is InChI=1S/C12H16ClNO4/c1-17-11-6-5-10(14(15)16)9-12(11)18-8-4-2-3-7-13/h5-6,9H,2-4,7-8H2,1H3. The summed E-state index contributed by atoms with van der Waals surface area (Å²) < 4.78 is 10.6. The van der Waals surface area contributed by atoms with Gasteiger partial charge in [-0.05, 0) is 25.3 Å². The smallest absolute Gasteiger partial charge is 0.273 e. The van der Waals surface area contributed by atoms with E-state index in [9.17, 15) is 10.1 Å². The Balaban J connectivity index is 2.61. The van der Waals surface area contributed by atoms with Crippen molar-refractivity contribution in [2.45, 2.75) is 19.3 Å². The number of rotatable bonds is 8. The summed E-state index contributed by atoms with van der Waals surface area (Å²) in [5.41, 5.74) is -0.00782. The lowest BCUT2D eigenvalue weighted by Crippen LogP contribution is -2.00. The second-order valence-electron chi connectivity index (χ2n) is 3.69. The van der Waals surface area contributed by atoms with Gasteiger partial charge in [0.2, 0.25) is 0 Å². The van der Waals surface area contributed by atoms with Crippen LogP contribution in [0.25, 0.3) is 0 Å². The van der Waals surface area contributed by atoms with E-state index in [2.05, 4.69) is 0 Å². The van der Waals surface area contributed by atoms with E-state index >= 15 is 0 Å². The molecule has 0 bridgehead atoms. The molecule has 0 spiro atoms. The van der Waals surface area contributed by atoms with Gasteiger partial charge in [0.1, 0.15) is 0 Å². The number of nitro groups is 1. The first-order chi connectivity index (χ1) is 8.69. The monoisotopic (exact) mass is 273 g/mol. The average Bonchev–Trinajstić information content (AvgIpc) is 2.38. The van der Waals surface area contributed by atoms with Crippen LogP contribution >= 0.6 is 11.6 Å². The van der Waals surface area contributed by atoms with Crippen LogP contribution in [0.5, 0.6) is 11.5 Å². The zero-order valence-corrected chi connectivity index (χ0v) is 11.0. The van der Waals surface area contributed by atoms with E-state index in [4.69, 9.17) is 21.1 Å². The lowest BCUT2D eigenvalue weighted by molar-refractivity contribution is -0.385. The van der Waals surface area contributed by atoms with Crippen molar-refractivity contribution in [3.63, 3.8) is 0 Å². The van der Waals surface area contributed by atoms with Crippen LogP contribution in [0.3, 0.4) is 0 Å². The van der Waals surface area contributed by atoms with Gasteiger partial charge in [0.15, 0.2) is 11.5 Å². The van der Waals surface area contributed by atoms with Gasteiger partial charge >= 0.3 is 0 Å². The molecule has 100 valence electrons. The maximum Gasteiger partial charge on any atom is 0.273 e. The maximum atomic E-state index is 10.7. The Bertz CT molecular complexity index is 398. The average molecular weight is 274 g/mol. The van der Waals surface area contributed by atoms with Crippen LogP contribution in [-0.4, -0.2) is 24.5 Å². The maximum absolute atomic E-state index is 10.7. The summed E-state index contributed by atoms with van der Waals surface area (Å²) in [4.78, 5) is 10.2. The van der Waals surface area contributed by atoms with Crippen molar-refractivity contribution in [1.29, 1.82) is 0 Å². The highest BCUT2D eigenvalue weighted by Crippen LogP contribution is 2.31. The van der Waals surface area contributed by atoms with Crippen LogP contribution in [-0.2, 0) is 0 Å². The van der Waals surface area contributed by atoms with Crippen molar-refractivity contribution in [2.24, 2.45) is 0 Å². The molecule has 0 saturated heterocycles. The molecular weight excluding hydrogens is 258 g/mol. The van der Waals surface area contributed by atoms with E-state index in [1.54, 1.807) is 0 Å². The summed E-state index contributed by atoms with van der Waals surface area (Å²) in [6, 6.07) is 4.30. The fourth-order valence-corrected chi connectivity index (χ4v) is 1.64. The molecule has 0 aliphatic heterocycles. The zero-order valence-electron chi connectivity index (χ0n) is 10.2. The Morgan fingerprint density at radius 2 is 2.06 bits per heavy atom. The third-order valence-electron chi connectivity index (χ3n) is 2.39. The van der Waals surface area contributed by atoms with E-state index in [-0.39, 0.29) is 5.69 Å². The lowest BCUT2D eigenvalue weighted by atomic mass is 10.2. The van der Waals surface area contributed by atoms with Gasteiger partial charge in [-0.3, -0.25) is 10.1 Å². The molecule has 18 heavy (non-hydrogen) atoms. The second kappa shape index (κ2) is 7.76. The van der Waals surface area contributed by atoms with Crippen LogP contribution in [0.1, 0.15) is 19.3 Å². The molecule has 0 radical (unpaired) electrons. The van der Waals surface area contributed by atoms with Gasteiger partial charge in [0.25, 0.3) is 5.69 Å². The number of halogens is 1. The van der Waals surface area contributed by atoms with Crippen LogP contribution in [0, 0.1) is 10.1 Å². The first-order valence-corrected chi connectivity index (χ1v) is 6.23. The molecule has 0 fully saturated rings. The Kier molecular flexibility index (Phi) is 6.28. The van der Waals surface area contributed by atoms with E-state index in [0.717, 1.165) is 19.3 Å². The van der Waals surface area contributed by atoms with Crippen LogP contribution in [0.2, 0.25) is 0 Å². The fraction of sp³-hybridized carbons (Fsp3) is 0.500. The Morgan fingerprint density at radius 1 is 1.28 bits per heavy atom. The third-order valence-corrected chi connectivity index (χ3v) is 2.66. The van der Waals surface area contributed by atoms with Gasteiger partial charge in [-0.2, -0.15) is 0 Å². The van der Waals surface area contributed by atoms with E-state index in [1.807, 2.05) is 0 Å². The van der Waals surface area contributed by atoms with Crippen molar-refractivity contribution in [1.82, 2.24) is 0 Å². The summed E-state index contributed by atoms with van der Waals surface area (Å²) in [5, 5.41) is 10.7. The predicted molar refractivity (Wildman–Crippen MR) is 69.7 cm³/mol. The number of ether oxygens (including phenoxy) is 2. The van der Waals surface area contributed by atoms with Crippen LogP contribution in [0.4, 0.5) is 5.69 Å². The lowest BCUT2D eigenvalue weighted by Gasteiger charge is -2.10. The largest absolute Gasteiger partial charge is 0.493 e. The number of nitrogens with zero attached hydrogens (tertiary/aromatic N) is 1. The normalized spacial score (nSPS) is 10.1. The van der Waals surface area contributed by atoms with Crippen molar-refractivity contribution in [2.75, 3.05) is 19.6 Å². The molecule has 0 amide bonds. The number of methoxy groups -OCH3 is 1. The van der Waals surface area contributed by atoms with E-state index in [1.165, 1.54) is 25.3 Å². The molecule has 0 N–H and O–H groups in total. The van der Waals surface area contributed by atoms with Gasteiger partial charge < -0.3 is 9.47 Å². The van der Waals surface area contributed by atoms with Gasteiger partial charge in [0.05, 0.1) is 24.7 Å². The molecule has 0 saturated carbocycles. The third kappa shape index (κ3) is 4.41. The first kappa shape index (κ1) is 14.6. The molecule has 5 nitrogen and oxygen atoms in total. The predicted octanol–water partition coefficient (Wildman–Crippen LogP) is 3.39. The highest BCUT2D eigenvalue weighted by Gasteiger charge is 2.12. The Hall–Kier alpha value is -1.49. The molecular formula is C12H16ClNO4. The van der Waals surface area contributed by atoms with Crippen molar-refractivity contribution >= 4 is 17.3 Å².